The highest BCUT2D eigenvalue weighted by Crippen LogP contribution is 2.28. The molecule has 0 saturated carbocycles. The Hall–Kier alpha value is -2.61. The van der Waals surface area contributed by atoms with Crippen LogP contribution in [0.15, 0.2) is 40.3 Å². The molecule has 3 rings (SSSR count). The molecular formula is C19H22N4O3S. The molecule has 0 radical (unpaired) electrons. The molecule has 0 saturated heterocycles. The summed E-state index contributed by atoms with van der Waals surface area (Å²) in [5.74, 6) is -0.495. The topological polar surface area (TPSA) is 107 Å². The number of rotatable bonds is 3. The molecule has 1 aromatic heterocycles. The molecule has 142 valence electrons. The van der Waals surface area contributed by atoms with Crippen LogP contribution in [0, 0.1) is 5.92 Å². The molecule has 0 aliphatic carbocycles. The van der Waals surface area contributed by atoms with Crippen LogP contribution in [0.25, 0.3) is 0 Å². The van der Waals surface area contributed by atoms with E-state index in [0.29, 0.717) is 28.7 Å². The van der Waals surface area contributed by atoms with Crippen molar-refractivity contribution in [2.45, 2.75) is 37.9 Å². The highest BCUT2D eigenvalue weighted by molar-refractivity contribution is 7.99. The first-order chi connectivity index (χ1) is 12.6. The van der Waals surface area contributed by atoms with E-state index >= 15 is 0 Å². The Kier molecular flexibility index (Phi) is 5.10. The van der Waals surface area contributed by atoms with Gasteiger partial charge in [-0.25, -0.2) is 4.98 Å². The molecule has 1 aliphatic heterocycles. The fourth-order valence-electron chi connectivity index (χ4n) is 2.72. The number of aromatic nitrogens is 2. The van der Waals surface area contributed by atoms with Crippen LogP contribution in [-0.2, 0) is 16.8 Å². The van der Waals surface area contributed by atoms with Crippen LogP contribution in [0.5, 0.6) is 0 Å². The Labute approximate surface area is 161 Å². The first-order valence-electron chi connectivity index (χ1n) is 8.61. The molecule has 8 heteroatoms. The maximum atomic E-state index is 12.6. The Morgan fingerprint density at radius 3 is 2.52 bits per heavy atom. The van der Waals surface area contributed by atoms with Crippen molar-refractivity contribution in [3.63, 3.8) is 0 Å². The van der Waals surface area contributed by atoms with Crippen molar-refractivity contribution < 1.29 is 9.59 Å². The number of nitrogens with two attached hydrogens (primary N) is 1. The average Bonchev–Trinajstić information content (AvgIpc) is 2.61. The van der Waals surface area contributed by atoms with Gasteiger partial charge in [0.1, 0.15) is 0 Å². The Morgan fingerprint density at radius 2 is 1.93 bits per heavy atom. The van der Waals surface area contributed by atoms with Crippen LogP contribution in [0.4, 0.5) is 5.69 Å². The number of amides is 2. The molecule has 2 amide bonds. The van der Waals surface area contributed by atoms with Crippen molar-refractivity contribution >= 4 is 29.3 Å². The van der Waals surface area contributed by atoms with Crippen LogP contribution < -0.4 is 16.6 Å². The van der Waals surface area contributed by atoms with E-state index in [9.17, 15) is 14.4 Å². The number of anilines is 1. The van der Waals surface area contributed by atoms with E-state index in [0.717, 1.165) is 5.69 Å². The van der Waals surface area contributed by atoms with Gasteiger partial charge in [0.15, 0.2) is 5.16 Å². The third kappa shape index (κ3) is 4.21. The average molecular weight is 386 g/mol. The normalized spacial score (nSPS) is 16.5. The van der Waals surface area contributed by atoms with Gasteiger partial charge in [0.2, 0.25) is 11.8 Å². The Morgan fingerprint density at radius 1 is 1.26 bits per heavy atom. The Bertz CT molecular complexity index is 945. The lowest BCUT2D eigenvalue weighted by Gasteiger charge is -2.26. The smallest absolute Gasteiger partial charge is 0.254 e. The summed E-state index contributed by atoms with van der Waals surface area (Å²) >= 11 is 1.42. The summed E-state index contributed by atoms with van der Waals surface area (Å²) in [4.78, 5) is 40.8. The molecule has 1 aromatic carbocycles. The largest absolute Gasteiger partial charge is 0.366 e. The first kappa shape index (κ1) is 19.2. The van der Waals surface area contributed by atoms with Gasteiger partial charge in [-0.15, -0.1) is 0 Å². The van der Waals surface area contributed by atoms with Gasteiger partial charge in [0, 0.05) is 35.0 Å². The minimum atomic E-state index is -0.519. The highest BCUT2D eigenvalue weighted by Gasteiger charge is 2.28. The molecule has 0 fully saturated rings. The van der Waals surface area contributed by atoms with E-state index in [1.54, 1.807) is 34.9 Å². The molecule has 27 heavy (non-hydrogen) atoms. The van der Waals surface area contributed by atoms with Crippen LogP contribution in [0.3, 0.4) is 0 Å². The maximum Gasteiger partial charge on any atom is 0.254 e. The lowest BCUT2D eigenvalue weighted by atomic mass is 9.92. The molecule has 1 unspecified atom stereocenters. The van der Waals surface area contributed by atoms with Gasteiger partial charge in [-0.3, -0.25) is 19.0 Å². The number of benzene rings is 1. The van der Waals surface area contributed by atoms with Crippen LogP contribution >= 0.6 is 11.8 Å². The predicted octanol–water partition coefficient (Wildman–Crippen LogP) is 2.00. The van der Waals surface area contributed by atoms with E-state index in [-0.39, 0.29) is 22.8 Å². The van der Waals surface area contributed by atoms with Crippen LogP contribution in [0.1, 0.15) is 36.8 Å². The van der Waals surface area contributed by atoms with Gasteiger partial charge in [-0.1, -0.05) is 32.5 Å². The van der Waals surface area contributed by atoms with E-state index < -0.39 is 5.91 Å². The zero-order valence-corrected chi connectivity index (χ0v) is 16.3. The molecule has 0 bridgehead atoms. The van der Waals surface area contributed by atoms with E-state index in [1.807, 2.05) is 20.8 Å². The summed E-state index contributed by atoms with van der Waals surface area (Å²) in [5, 5.41) is 3.48. The van der Waals surface area contributed by atoms with Crippen LogP contribution in [-0.4, -0.2) is 27.1 Å². The van der Waals surface area contributed by atoms with Gasteiger partial charge >= 0.3 is 0 Å². The standard InChI is InChI=1S/C19H22N4O3S/c1-19(2,3)14-8-15(24)23-9-12(10-27-18(23)22-14)17(26)21-13-6-4-11(5-7-13)16(20)25/h4-8,12H,9-10H2,1-3H3,(H2,20,25)(H,21,26). The van der Waals surface area contributed by atoms with Gasteiger partial charge in [0.25, 0.3) is 5.56 Å². The number of thioether (sulfide) groups is 1. The molecule has 1 atom stereocenters. The molecule has 0 spiro atoms. The number of hydrogen-bond acceptors (Lipinski definition) is 5. The summed E-state index contributed by atoms with van der Waals surface area (Å²) in [6.45, 7) is 6.33. The zero-order chi connectivity index (χ0) is 19.8. The number of fused-ring (bicyclic) bond motifs is 1. The third-order valence-corrected chi connectivity index (χ3v) is 5.50. The minimum Gasteiger partial charge on any atom is -0.366 e. The number of carbonyl (C=O) groups is 2. The maximum absolute atomic E-state index is 12.6. The number of hydrogen-bond donors (Lipinski definition) is 2. The zero-order valence-electron chi connectivity index (χ0n) is 15.5. The van der Waals surface area contributed by atoms with Crippen molar-refractivity contribution in [1.82, 2.24) is 9.55 Å². The number of primary amides is 1. The van der Waals surface area contributed by atoms with Crippen molar-refractivity contribution in [2.75, 3.05) is 11.1 Å². The molecule has 2 heterocycles. The fraction of sp³-hybridized carbons (Fsp3) is 0.368. The lowest BCUT2D eigenvalue weighted by Crippen LogP contribution is -2.37. The van der Waals surface area contributed by atoms with Crippen LogP contribution in [0.2, 0.25) is 0 Å². The summed E-state index contributed by atoms with van der Waals surface area (Å²) in [5.41, 5.74) is 6.57. The van der Waals surface area contributed by atoms with Gasteiger partial charge < -0.3 is 11.1 Å². The van der Waals surface area contributed by atoms with E-state index in [1.165, 1.54) is 11.8 Å². The number of nitrogens with one attached hydrogen (secondary N) is 1. The van der Waals surface area contributed by atoms with Crippen molar-refractivity contribution in [3.05, 3.63) is 51.9 Å². The fourth-order valence-corrected chi connectivity index (χ4v) is 3.81. The van der Waals surface area contributed by atoms with Crippen molar-refractivity contribution in [3.8, 4) is 0 Å². The van der Waals surface area contributed by atoms with Gasteiger partial charge in [-0.05, 0) is 24.3 Å². The molecule has 7 nitrogen and oxygen atoms in total. The summed E-state index contributed by atoms with van der Waals surface area (Å²) < 4.78 is 1.56. The second-order valence-corrected chi connectivity index (χ2v) is 8.55. The first-order valence-corrected chi connectivity index (χ1v) is 9.59. The summed E-state index contributed by atoms with van der Waals surface area (Å²) in [7, 11) is 0. The van der Waals surface area contributed by atoms with E-state index in [2.05, 4.69) is 10.3 Å². The SMILES string of the molecule is CC(C)(C)c1cc(=O)n2c(n1)SCC(C(=O)Nc1ccc(C(N)=O)cc1)C2. The summed E-state index contributed by atoms with van der Waals surface area (Å²) in [6.07, 6.45) is 0. The van der Waals surface area contributed by atoms with Crippen molar-refractivity contribution in [2.24, 2.45) is 11.7 Å². The van der Waals surface area contributed by atoms with E-state index in [4.69, 9.17) is 5.73 Å². The molecule has 1 aliphatic rings. The third-order valence-electron chi connectivity index (χ3n) is 4.37. The summed E-state index contributed by atoms with van der Waals surface area (Å²) in [6, 6.07) is 7.93. The van der Waals surface area contributed by atoms with Crippen molar-refractivity contribution in [1.29, 1.82) is 0 Å². The van der Waals surface area contributed by atoms with Gasteiger partial charge in [0.05, 0.1) is 11.6 Å². The highest BCUT2D eigenvalue weighted by atomic mass is 32.2. The van der Waals surface area contributed by atoms with Gasteiger partial charge in [-0.2, -0.15) is 0 Å². The number of nitrogens with zero attached hydrogens (tertiary/aromatic N) is 2. The molecular weight excluding hydrogens is 364 g/mol. The second-order valence-electron chi connectivity index (χ2n) is 7.56. The monoisotopic (exact) mass is 386 g/mol. The molecule has 3 N–H and O–H groups in total. The quantitative estimate of drug-likeness (QED) is 0.785. The second kappa shape index (κ2) is 7.19. The number of carbonyl (C=O) groups excluding carboxylic acids is 2. The predicted molar refractivity (Wildman–Crippen MR) is 105 cm³/mol. The minimum absolute atomic E-state index is 0.138. The Balaban J connectivity index is 1.74. The lowest BCUT2D eigenvalue weighted by molar-refractivity contribution is -0.119. The molecule has 2 aromatic rings.